The molecule has 0 aliphatic carbocycles. The molecule has 2 aromatic heterocycles. The Morgan fingerprint density at radius 1 is 1.29 bits per heavy atom. The number of carbonyl (C=O) groups excluding carboxylic acids is 1. The highest BCUT2D eigenvalue weighted by atomic mass is 16.5. The second kappa shape index (κ2) is 4.84. The third-order valence-electron chi connectivity index (χ3n) is 4.98. The van der Waals surface area contributed by atoms with Gasteiger partial charge in [0.15, 0.2) is 0 Å². The zero-order chi connectivity index (χ0) is 14.4. The van der Waals surface area contributed by atoms with Gasteiger partial charge in [0.25, 0.3) is 0 Å². The Balaban J connectivity index is 1.51. The van der Waals surface area contributed by atoms with Crippen LogP contribution in [-0.2, 0) is 4.74 Å². The SMILES string of the molecule is CN1[C@@H]2CC[C@H]1C[C@@H](OC(=O)c1cnn3ccccc13)C2. The average Bonchev–Trinajstić information content (AvgIpc) is 2.98. The van der Waals surface area contributed by atoms with Crippen molar-refractivity contribution >= 4 is 11.5 Å². The van der Waals surface area contributed by atoms with Gasteiger partial charge in [0.2, 0.25) is 0 Å². The zero-order valence-electron chi connectivity index (χ0n) is 12.1. The molecule has 2 aliphatic heterocycles. The number of nitrogens with zero attached hydrogens (tertiary/aromatic N) is 3. The third-order valence-corrected chi connectivity index (χ3v) is 4.98. The van der Waals surface area contributed by atoms with E-state index in [2.05, 4.69) is 17.0 Å². The number of carbonyl (C=O) groups is 1. The summed E-state index contributed by atoms with van der Waals surface area (Å²) in [7, 11) is 2.19. The highest BCUT2D eigenvalue weighted by molar-refractivity contribution is 5.96. The van der Waals surface area contributed by atoms with Crippen LogP contribution in [0.3, 0.4) is 0 Å². The van der Waals surface area contributed by atoms with Gasteiger partial charge in [-0.05, 0) is 32.0 Å². The number of ether oxygens (including phenoxy) is 1. The lowest BCUT2D eigenvalue weighted by Crippen LogP contribution is -2.43. The van der Waals surface area contributed by atoms with Gasteiger partial charge in [-0.3, -0.25) is 0 Å². The minimum absolute atomic E-state index is 0.0462. The molecular formula is C16H19N3O2. The molecule has 2 saturated heterocycles. The van der Waals surface area contributed by atoms with E-state index in [-0.39, 0.29) is 12.1 Å². The van der Waals surface area contributed by atoms with Crippen LogP contribution in [0.15, 0.2) is 30.6 Å². The predicted octanol–water partition coefficient (Wildman–Crippen LogP) is 2.12. The first-order chi connectivity index (χ1) is 10.2. The molecule has 0 unspecified atom stereocenters. The fraction of sp³-hybridized carbons (Fsp3) is 0.500. The van der Waals surface area contributed by atoms with E-state index >= 15 is 0 Å². The number of piperidine rings is 1. The van der Waals surface area contributed by atoms with E-state index in [0.29, 0.717) is 17.6 Å². The number of hydrogen-bond donors (Lipinski definition) is 0. The summed E-state index contributed by atoms with van der Waals surface area (Å²) in [6.45, 7) is 0. The smallest absolute Gasteiger partial charge is 0.342 e. The van der Waals surface area contributed by atoms with Crippen molar-refractivity contribution in [3.63, 3.8) is 0 Å². The molecule has 2 aliphatic rings. The van der Waals surface area contributed by atoms with Crippen molar-refractivity contribution in [1.29, 1.82) is 0 Å². The number of fused-ring (bicyclic) bond motifs is 3. The van der Waals surface area contributed by atoms with E-state index in [0.717, 1.165) is 18.4 Å². The van der Waals surface area contributed by atoms with Gasteiger partial charge in [-0.25, -0.2) is 9.31 Å². The molecule has 2 bridgehead atoms. The standard InChI is InChI=1S/C16H19N3O2/c1-18-11-5-6-12(18)9-13(8-11)21-16(20)14-10-17-19-7-3-2-4-15(14)19/h2-4,7,10-13H,5-6,8-9H2,1H3/t11-,12+,13+. The van der Waals surface area contributed by atoms with Crippen molar-refractivity contribution in [2.24, 2.45) is 0 Å². The second-order valence-corrected chi connectivity index (χ2v) is 6.14. The lowest BCUT2D eigenvalue weighted by molar-refractivity contribution is -0.000267. The average molecular weight is 285 g/mol. The molecule has 0 N–H and O–H groups in total. The van der Waals surface area contributed by atoms with Crippen molar-refractivity contribution in [3.8, 4) is 0 Å². The van der Waals surface area contributed by atoms with Crippen molar-refractivity contribution in [1.82, 2.24) is 14.5 Å². The minimum Gasteiger partial charge on any atom is -0.459 e. The number of pyridine rings is 1. The normalized spacial score (nSPS) is 28.9. The van der Waals surface area contributed by atoms with Crippen LogP contribution in [0.25, 0.3) is 5.52 Å². The maximum atomic E-state index is 12.4. The molecule has 3 atom stereocenters. The Kier molecular flexibility index (Phi) is 2.96. The van der Waals surface area contributed by atoms with Crippen LogP contribution < -0.4 is 0 Å². The monoisotopic (exact) mass is 285 g/mol. The first-order valence-electron chi connectivity index (χ1n) is 7.57. The van der Waals surface area contributed by atoms with Crippen LogP contribution in [0.4, 0.5) is 0 Å². The topological polar surface area (TPSA) is 46.8 Å². The van der Waals surface area contributed by atoms with Crippen molar-refractivity contribution in [2.45, 2.75) is 43.9 Å². The highest BCUT2D eigenvalue weighted by Gasteiger charge is 2.40. The summed E-state index contributed by atoms with van der Waals surface area (Å²) in [5.74, 6) is -0.245. The van der Waals surface area contributed by atoms with E-state index in [9.17, 15) is 4.79 Å². The summed E-state index contributed by atoms with van der Waals surface area (Å²) >= 11 is 0. The molecule has 0 radical (unpaired) electrons. The van der Waals surface area contributed by atoms with E-state index < -0.39 is 0 Å². The molecule has 0 spiro atoms. The second-order valence-electron chi connectivity index (χ2n) is 6.14. The van der Waals surface area contributed by atoms with E-state index in [1.54, 1.807) is 10.7 Å². The fourth-order valence-corrected chi connectivity index (χ4v) is 3.76. The van der Waals surface area contributed by atoms with Crippen LogP contribution >= 0.6 is 0 Å². The van der Waals surface area contributed by atoms with Crippen LogP contribution in [0.2, 0.25) is 0 Å². The minimum atomic E-state index is -0.245. The van der Waals surface area contributed by atoms with E-state index in [1.165, 1.54) is 12.8 Å². The Morgan fingerprint density at radius 2 is 2.05 bits per heavy atom. The summed E-state index contributed by atoms with van der Waals surface area (Å²) in [6, 6.07) is 6.84. The fourth-order valence-electron chi connectivity index (χ4n) is 3.76. The van der Waals surface area contributed by atoms with Gasteiger partial charge in [-0.15, -0.1) is 0 Å². The molecule has 2 aromatic rings. The molecule has 0 aromatic carbocycles. The Labute approximate surface area is 123 Å². The van der Waals surface area contributed by atoms with Crippen molar-refractivity contribution in [2.75, 3.05) is 7.05 Å². The first kappa shape index (κ1) is 12.8. The Morgan fingerprint density at radius 3 is 2.81 bits per heavy atom. The summed E-state index contributed by atoms with van der Waals surface area (Å²) in [5.41, 5.74) is 1.36. The summed E-state index contributed by atoms with van der Waals surface area (Å²) in [6.07, 6.45) is 7.85. The van der Waals surface area contributed by atoms with Crippen LogP contribution in [0, 0.1) is 0 Å². The third kappa shape index (κ3) is 2.12. The van der Waals surface area contributed by atoms with Gasteiger partial charge in [-0.1, -0.05) is 6.07 Å². The van der Waals surface area contributed by atoms with Gasteiger partial charge in [-0.2, -0.15) is 5.10 Å². The summed E-state index contributed by atoms with van der Waals surface area (Å²) < 4.78 is 7.46. The number of aromatic nitrogens is 2. The van der Waals surface area contributed by atoms with Crippen LogP contribution in [-0.4, -0.2) is 45.7 Å². The Bertz CT molecular complexity index is 667. The number of esters is 1. The molecule has 5 nitrogen and oxygen atoms in total. The van der Waals surface area contributed by atoms with E-state index in [4.69, 9.17) is 4.74 Å². The molecule has 4 heterocycles. The largest absolute Gasteiger partial charge is 0.459 e. The van der Waals surface area contributed by atoms with E-state index in [1.807, 2.05) is 24.4 Å². The molecule has 5 heteroatoms. The summed E-state index contributed by atoms with van der Waals surface area (Å²) in [4.78, 5) is 14.9. The van der Waals surface area contributed by atoms with Crippen LogP contribution in [0.1, 0.15) is 36.0 Å². The molecule has 2 fully saturated rings. The van der Waals surface area contributed by atoms with Gasteiger partial charge in [0, 0.05) is 31.1 Å². The molecule has 110 valence electrons. The van der Waals surface area contributed by atoms with Gasteiger partial charge in [0.1, 0.15) is 11.7 Å². The number of hydrogen-bond acceptors (Lipinski definition) is 4. The predicted molar refractivity (Wildman–Crippen MR) is 78.2 cm³/mol. The van der Waals surface area contributed by atoms with Gasteiger partial charge >= 0.3 is 5.97 Å². The quantitative estimate of drug-likeness (QED) is 0.793. The maximum absolute atomic E-state index is 12.4. The Hall–Kier alpha value is -1.88. The lowest BCUT2D eigenvalue weighted by atomic mass is 10.0. The first-order valence-corrected chi connectivity index (χ1v) is 7.57. The van der Waals surface area contributed by atoms with Crippen molar-refractivity contribution < 1.29 is 9.53 Å². The zero-order valence-corrected chi connectivity index (χ0v) is 12.1. The molecule has 21 heavy (non-hydrogen) atoms. The lowest BCUT2D eigenvalue weighted by Gasteiger charge is -2.35. The summed E-state index contributed by atoms with van der Waals surface area (Å²) in [5, 5.41) is 4.19. The molecule has 4 rings (SSSR count). The van der Waals surface area contributed by atoms with Crippen molar-refractivity contribution in [3.05, 3.63) is 36.2 Å². The molecule has 0 amide bonds. The maximum Gasteiger partial charge on any atom is 0.342 e. The number of rotatable bonds is 2. The van der Waals surface area contributed by atoms with Gasteiger partial charge < -0.3 is 9.64 Å². The molecular weight excluding hydrogens is 266 g/mol. The van der Waals surface area contributed by atoms with Crippen LogP contribution in [0.5, 0.6) is 0 Å². The highest BCUT2D eigenvalue weighted by Crippen LogP contribution is 2.35. The van der Waals surface area contributed by atoms with Gasteiger partial charge in [0.05, 0.1) is 11.7 Å². The molecule has 0 saturated carbocycles.